The van der Waals surface area contributed by atoms with Crippen LogP contribution in [0.4, 0.5) is 13.2 Å². The molecule has 0 aromatic heterocycles. The maximum Gasteiger partial charge on any atom is 0.317 e. The lowest BCUT2D eigenvalue weighted by molar-refractivity contribution is -0.135. The molecule has 0 amide bonds. The molecule has 0 aliphatic carbocycles. The average Bonchev–Trinajstić information content (AvgIpc) is 2.78. The molecule has 0 aliphatic rings. The number of carboxylic acids is 1. The van der Waals surface area contributed by atoms with Gasteiger partial charge in [-0.3, -0.25) is 4.79 Å². The van der Waals surface area contributed by atoms with Gasteiger partial charge < -0.3 is 15.2 Å². The molecule has 1 atom stereocenters. The summed E-state index contributed by atoms with van der Waals surface area (Å²) in [5.41, 5.74) is 2.01. The molecular formula is C27H28F3NO3. The molecule has 34 heavy (non-hydrogen) atoms. The second-order valence-corrected chi connectivity index (χ2v) is 8.29. The van der Waals surface area contributed by atoms with E-state index < -0.39 is 18.0 Å². The van der Waals surface area contributed by atoms with Crippen LogP contribution in [0.15, 0.2) is 66.7 Å². The number of carboxylic acid groups (broad SMARTS) is 1. The molecule has 0 radical (unpaired) electrons. The normalized spacial score (nSPS) is 12.4. The van der Waals surface area contributed by atoms with E-state index in [1.54, 1.807) is 31.2 Å². The molecule has 4 nitrogen and oxygen atoms in total. The maximum absolute atomic E-state index is 15.1. The van der Waals surface area contributed by atoms with Gasteiger partial charge in [0, 0.05) is 11.1 Å². The Balaban J connectivity index is 1.74. The van der Waals surface area contributed by atoms with Gasteiger partial charge in [-0.25, -0.2) is 4.39 Å². The van der Waals surface area contributed by atoms with Crippen molar-refractivity contribution in [2.75, 3.05) is 13.1 Å². The quantitative estimate of drug-likeness (QED) is 0.329. The van der Waals surface area contributed by atoms with E-state index in [0.29, 0.717) is 30.7 Å². The third kappa shape index (κ3) is 6.60. The summed E-state index contributed by atoms with van der Waals surface area (Å²) in [5, 5.41) is 11.5. The minimum Gasteiger partial charge on any atom is -0.486 e. The van der Waals surface area contributed by atoms with Gasteiger partial charge in [0.25, 0.3) is 5.92 Å². The number of aryl methyl sites for hydroxylation is 2. The third-order valence-corrected chi connectivity index (χ3v) is 5.55. The van der Waals surface area contributed by atoms with Crippen molar-refractivity contribution >= 4 is 5.97 Å². The average molecular weight is 472 g/mol. The number of carbonyl (C=O) groups is 1. The summed E-state index contributed by atoms with van der Waals surface area (Å²) >= 11 is 0. The van der Waals surface area contributed by atoms with Crippen molar-refractivity contribution in [3.05, 3.63) is 100 Å². The Bertz CT molecular complexity index is 1100. The molecule has 0 saturated heterocycles. The lowest BCUT2D eigenvalue weighted by atomic mass is 9.95. The van der Waals surface area contributed by atoms with E-state index in [-0.39, 0.29) is 23.5 Å². The smallest absolute Gasteiger partial charge is 0.317 e. The van der Waals surface area contributed by atoms with Crippen LogP contribution in [0.5, 0.6) is 5.75 Å². The van der Waals surface area contributed by atoms with Gasteiger partial charge in [0.05, 0.1) is 6.54 Å². The number of nitrogens with one attached hydrogen (secondary N) is 1. The predicted molar refractivity (Wildman–Crippen MR) is 125 cm³/mol. The zero-order chi connectivity index (χ0) is 24.7. The van der Waals surface area contributed by atoms with Gasteiger partial charge in [0.2, 0.25) is 0 Å². The Morgan fingerprint density at radius 2 is 1.71 bits per heavy atom. The van der Waals surface area contributed by atoms with Crippen LogP contribution in [0.1, 0.15) is 46.8 Å². The topological polar surface area (TPSA) is 58.6 Å². The van der Waals surface area contributed by atoms with Crippen LogP contribution in [0.2, 0.25) is 0 Å². The fourth-order valence-corrected chi connectivity index (χ4v) is 3.81. The van der Waals surface area contributed by atoms with Gasteiger partial charge in [-0.2, -0.15) is 8.78 Å². The van der Waals surface area contributed by atoms with Gasteiger partial charge >= 0.3 is 5.97 Å². The molecule has 0 fully saturated rings. The van der Waals surface area contributed by atoms with E-state index in [9.17, 15) is 9.18 Å². The van der Waals surface area contributed by atoms with Gasteiger partial charge in [-0.05, 0) is 80.8 Å². The highest BCUT2D eigenvalue weighted by atomic mass is 19.3. The highest BCUT2D eigenvalue weighted by Gasteiger charge is 2.35. The zero-order valence-corrected chi connectivity index (χ0v) is 19.2. The summed E-state index contributed by atoms with van der Waals surface area (Å²) in [7, 11) is 0. The second-order valence-electron chi connectivity index (χ2n) is 8.29. The first kappa shape index (κ1) is 25.3. The van der Waals surface area contributed by atoms with Crippen molar-refractivity contribution in [3.8, 4) is 5.75 Å². The number of aliphatic carboxylic acids is 1. The number of benzene rings is 3. The van der Waals surface area contributed by atoms with Crippen LogP contribution in [0, 0.1) is 19.7 Å². The molecule has 0 bridgehead atoms. The third-order valence-electron chi connectivity index (χ3n) is 5.55. The SMILES string of the molecule is Cc1ccc(C(F)(F)c2ccc(OC(CCCNCC(=O)O)c3ccc(F)cc3)cc2)c(C)c1. The fraction of sp³-hybridized carbons (Fsp3) is 0.296. The summed E-state index contributed by atoms with van der Waals surface area (Å²) in [6, 6.07) is 16.5. The number of alkyl halides is 2. The standard InChI is InChI=1S/C27H28F3NO3/c1-18-5-14-24(19(2)16-18)27(29,30)21-8-12-23(13-9-21)34-25(4-3-15-31-17-26(32)33)20-6-10-22(28)11-7-20/h5-14,16,25,31H,3-4,15,17H2,1-2H3,(H,32,33). The lowest BCUT2D eigenvalue weighted by Gasteiger charge is -2.22. The van der Waals surface area contributed by atoms with Crippen molar-refractivity contribution in [1.82, 2.24) is 5.32 Å². The highest BCUT2D eigenvalue weighted by Crippen LogP contribution is 2.38. The molecule has 1 unspecified atom stereocenters. The Hall–Kier alpha value is -3.32. The Kier molecular flexibility index (Phi) is 8.34. The molecule has 0 saturated carbocycles. The van der Waals surface area contributed by atoms with Crippen LogP contribution in [0.25, 0.3) is 0 Å². The molecule has 180 valence electrons. The van der Waals surface area contributed by atoms with Gasteiger partial charge in [-0.1, -0.05) is 35.9 Å². The fourth-order valence-electron chi connectivity index (χ4n) is 3.81. The molecule has 7 heteroatoms. The highest BCUT2D eigenvalue weighted by molar-refractivity contribution is 5.68. The minimum absolute atomic E-state index is 0.0372. The Morgan fingerprint density at radius 3 is 2.32 bits per heavy atom. The zero-order valence-electron chi connectivity index (χ0n) is 19.2. The molecule has 3 aromatic carbocycles. The van der Waals surface area contributed by atoms with E-state index in [1.165, 1.54) is 42.5 Å². The maximum atomic E-state index is 15.1. The Labute approximate surface area is 197 Å². The molecule has 0 spiro atoms. The van der Waals surface area contributed by atoms with E-state index in [2.05, 4.69) is 5.32 Å². The molecule has 2 N–H and O–H groups in total. The molecule has 3 rings (SSSR count). The Morgan fingerprint density at radius 1 is 1.03 bits per heavy atom. The molecule has 3 aromatic rings. The van der Waals surface area contributed by atoms with Gasteiger partial charge in [0.1, 0.15) is 17.7 Å². The summed E-state index contributed by atoms with van der Waals surface area (Å²) < 4.78 is 49.7. The number of hydrogen-bond donors (Lipinski definition) is 2. The largest absolute Gasteiger partial charge is 0.486 e. The predicted octanol–water partition coefficient (Wildman–Crippen LogP) is 6.16. The van der Waals surface area contributed by atoms with E-state index in [0.717, 1.165) is 11.1 Å². The first-order valence-corrected chi connectivity index (χ1v) is 11.1. The van der Waals surface area contributed by atoms with E-state index >= 15 is 8.78 Å². The number of hydrogen-bond acceptors (Lipinski definition) is 3. The van der Waals surface area contributed by atoms with Crippen LogP contribution >= 0.6 is 0 Å². The van der Waals surface area contributed by atoms with Crippen LogP contribution in [0.3, 0.4) is 0 Å². The summed E-state index contributed by atoms with van der Waals surface area (Å²) in [6.45, 7) is 3.86. The number of ether oxygens (including phenoxy) is 1. The van der Waals surface area contributed by atoms with E-state index in [4.69, 9.17) is 9.84 Å². The number of halogens is 3. The van der Waals surface area contributed by atoms with E-state index in [1.807, 2.05) is 6.92 Å². The van der Waals surface area contributed by atoms with Crippen LogP contribution < -0.4 is 10.1 Å². The number of rotatable bonds is 11. The van der Waals surface area contributed by atoms with Crippen molar-refractivity contribution < 1.29 is 27.8 Å². The van der Waals surface area contributed by atoms with Crippen molar-refractivity contribution in [1.29, 1.82) is 0 Å². The van der Waals surface area contributed by atoms with Gasteiger partial charge in [0.15, 0.2) is 0 Å². The molecule has 0 heterocycles. The van der Waals surface area contributed by atoms with Crippen molar-refractivity contribution in [2.24, 2.45) is 0 Å². The summed E-state index contributed by atoms with van der Waals surface area (Å²) in [4.78, 5) is 10.6. The summed E-state index contributed by atoms with van der Waals surface area (Å²) in [6.07, 6.45) is 0.689. The summed E-state index contributed by atoms with van der Waals surface area (Å²) in [5.74, 6) is -4.05. The van der Waals surface area contributed by atoms with Crippen LogP contribution in [-0.4, -0.2) is 24.2 Å². The second kappa shape index (κ2) is 11.2. The first-order chi connectivity index (χ1) is 16.2. The van der Waals surface area contributed by atoms with Crippen molar-refractivity contribution in [3.63, 3.8) is 0 Å². The monoisotopic (exact) mass is 471 g/mol. The minimum atomic E-state index is -3.15. The lowest BCUT2D eigenvalue weighted by Crippen LogP contribution is -2.24. The van der Waals surface area contributed by atoms with Crippen LogP contribution in [-0.2, 0) is 10.7 Å². The molecular weight excluding hydrogens is 443 g/mol. The van der Waals surface area contributed by atoms with Gasteiger partial charge in [-0.15, -0.1) is 0 Å². The first-order valence-electron chi connectivity index (χ1n) is 11.1. The molecule has 0 aliphatic heterocycles. The van der Waals surface area contributed by atoms with Crippen molar-refractivity contribution in [2.45, 2.75) is 38.7 Å².